The number of nitrogens with one attached hydrogen (secondary N) is 2. The molecule has 0 bridgehead atoms. The van der Waals surface area contributed by atoms with Gasteiger partial charge in [0.05, 0.1) is 12.2 Å². The fourth-order valence-electron chi connectivity index (χ4n) is 3.04. The average molecular weight is 354 g/mol. The van der Waals surface area contributed by atoms with Crippen LogP contribution in [0.25, 0.3) is 5.65 Å². The Morgan fingerprint density at radius 3 is 3.00 bits per heavy atom. The Bertz CT molecular complexity index is 969. The molecular formula is C18H19FN6O. The molecule has 1 aromatic carbocycles. The van der Waals surface area contributed by atoms with Crippen LogP contribution in [0.5, 0.6) is 0 Å². The normalized spacial score (nSPS) is 15.2. The highest BCUT2D eigenvalue weighted by atomic mass is 19.1. The van der Waals surface area contributed by atoms with Crippen LogP contribution in [0.4, 0.5) is 16.0 Å². The highest BCUT2D eigenvalue weighted by Crippen LogP contribution is 2.18. The van der Waals surface area contributed by atoms with E-state index in [0.717, 1.165) is 17.9 Å². The van der Waals surface area contributed by atoms with Gasteiger partial charge in [0, 0.05) is 25.3 Å². The van der Waals surface area contributed by atoms with E-state index >= 15 is 0 Å². The third-order valence-electron chi connectivity index (χ3n) is 4.36. The minimum absolute atomic E-state index is 0.0380. The van der Waals surface area contributed by atoms with Crippen molar-refractivity contribution in [3.63, 3.8) is 0 Å². The molecule has 0 unspecified atom stereocenters. The molecule has 3 aromatic rings. The van der Waals surface area contributed by atoms with Crippen molar-refractivity contribution < 1.29 is 9.18 Å². The molecule has 0 spiro atoms. The van der Waals surface area contributed by atoms with E-state index in [2.05, 4.69) is 25.6 Å². The van der Waals surface area contributed by atoms with Crippen LogP contribution < -0.4 is 10.6 Å². The predicted molar refractivity (Wildman–Crippen MR) is 95.7 cm³/mol. The minimum atomic E-state index is -0.244. The Labute approximate surface area is 149 Å². The van der Waals surface area contributed by atoms with Crippen molar-refractivity contribution >= 4 is 23.2 Å². The zero-order valence-electron chi connectivity index (χ0n) is 14.4. The van der Waals surface area contributed by atoms with E-state index in [1.165, 1.54) is 6.07 Å². The Morgan fingerprint density at radius 2 is 2.19 bits per heavy atom. The average Bonchev–Trinajstić information content (AvgIpc) is 3.02. The number of nitrogens with zero attached hydrogens (tertiary/aromatic N) is 4. The van der Waals surface area contributed by atoms with Gasteiger partial charge in [-0.15, -0.1) is 5.10 Å². The standard InChI is InChI=1S/C18H19FN6O/c1-12-9-13(5-6-15(12)19)21-18-22-16-4-2-3-14(25(16)23-18)10-24-8-7-20-17(26)11-24/h2-6,9H,7-8,10-11H2,1H3,(H,20,26)(H,21,23). The number of aromatic nitrogens is 3. The lowest BCUT2D eigenvalue weighted by Crippen LogP contribution is -2.47. The molecule has 4 rings (SSSR count). The molecule has 0 atom stereocenters. The number of carbonyl (C=O) groups is 1. The Morgan fingerprint density at radius 1 is 1.31 bits per heavy atom. The summed E-state index contributed by atoms with van der Waals surface area (Å²) in [6.45, 7) is 4.17. The number of fused-ring (bicyclic) bond motifs is 1. The van der Waals surface area contributed by atoms with E-state index in [1.54, 1.807) is 23.6 Å². The first-order chi connectivity index (χ1) is 12.6. The van der Waals surface area contributed by atoms with Crippen LogP contribution in [0.15, 0.2) is 36.4 Å². The Kier molecular flexibility index (Phi) is 4.26. The van der Waals surface area contributed by atoms with Gasteiger partial charge in [0.15, 0.2) is 5.65 Å². The minimum Gasteiger partial charge on any atom is -0.354 e. The number of benzene rings is 1. The molecule has 26 heavy (non-hydrogen) atoms. The fourth-order valence-corrected chi connectivity index (χ4v) is 3.04. The number of aryl methyl sites for hydroxylation is 1. The van der Waals surface area contributed by atoms with Crippen molar-refractivity contribution in [3.05, 3.63) is 53.5 Å². The van der Waals surface area contributed by atoms with Gasteiger partial charge in [-0.05, 0) is 42.8 Å². The number of carbonyl (C=O) groups excluding carboxylic acids is 1. The van der Waals surface area contributed by atoms with E-state index in [4.69, 9.17) is 0 Å². The van der Waals surface area contributed by atoms with Crippen molar-refractivity contribution in [2.45, 2.75) is 13.5 Å². The van der Waals surface area contributed by atoms with Crippen LogP contribution in [-0.4, -0.2) is 45.0 Å². The van der Waals surface area contributed by atoms with Crippen LogP contribution >= 0.6 is 0 Å². The van der Waals surface area contributed by atoms with Crippen LogP contribution in [-0.2, 0) is 11.3 Å². The number of rotatable bonds is 4. The molecule has 0 radical (unpaired) electrons. The number of hydrogen-bond donors (Lipinski definition) is 2. The molecule has 1 aliphatic heterocycles. The van der Waals surface area contributed by atoms with Crippen LogP contribution in [0, 0.1) is 12.7 Å². The van der Waals surface area contributed by atoms with Gasteiger partial charge in [-0.3, -0.25) is 9.69 Å². The summed E-state index contributed by atoms with van der Waals surface area (Å²) in [6, 6.07) is 10.6. The molecule has 7 nitrogen and oxygen atoms in total. The second kappa shape index (κ2) is 6.72. The molecular weight excluding hydrogens is 335 g/mol. The van der Waals surface area contributed by atoms with Gasteiger partial charge < -0.3 is 10.6 Å². The van der Waals surface area contributed by atoms with Gasteiger partial charge in [0.1, 0.15) is 5.82 Å². The van der Waals surface area contributed by atoms with Crippen molar-refractivity contribution in [1.82, 2.24) is 24.8 Å². The Hall–Kier alpha value is -3.00. The molecule has 0 saturated carbocycles. The lowest BCUT2D eigenvalue weighted by molar-refractivity contribution is -0.124. The molecule has 8 heteroatoms. The second-order valence-corrected chi connectivity index (χ2v) is 6.37. The SMILES string of the molecule is Cc1cc(Nc2nc3cccc(CN4CCNC(=O)C4)n3n2)ccc1F. The van der Waals surface area contributed by atoms with Gasteiger partial charge in [-0.25, -0.2) is 8.91 Å². The molecule has 134 valence electrons. The molecule has 1 fully saturated rings. The van der Waals surface area contributed by atoms with E-state index in [1.807, 2.05) is 18.2 Å². The maximum atomic E-state index is 13.4. The van der Waals surface area contributed by atoms with Crippen molar-refractivity contribution in [1.29, 1.82) is 0 Å². The number of amides is 1. The number of hydrogen-bond acceptors (Lipinski definition) is 5. The molecule has 2 N–H and O–H groups in total. The zero-order valence-corrected chi connectivity index (χ0v) is 14.4. The van der Waals surface area contributed by atoms with Crippen LogP contribution in [0.3, 0.4) is 0 Å². The molecule has 3 heterocycles. The topological polar surface area (TPSA) is 74.6 Å². The van der Waals surface area contributed by atoms with Gasteiger partial charge in [-0.2, -0.15) is 4.98 Å². The summed E-state index contributed by atoms with van der Waals surface area (Å²) in [5.41, 5.74) is 2.95. The zero-order chi connectivity index (χ0) is 18.1. The van der Waals surface area contributed by atoms with Gasteiger partial charge in [0.25, 0.3) is 0 Å². The number of pyridine rings is 1. The summed E-state index contributed by atoms with van der Waals surface area (Å²) in [7, 11) is 0. The maximum Gasteiger partial charge on any atom is 0.247 e. The van der Waals surface area contributed by atoms with E-state index in [9.17, 15) is 9.18 Å². The molecule has 0 aliphatic carbocycles. The third kappa shape index (κ3) is 3.36. The second-order valence-electron chi connectivity index (χ2n) is 6.37. The molecule has 1 aliphatic rings. The number of halogens is 1. The summed E-state index contributed by atoms with van der Waals surface area (Å²) >= 11 is 0. The van der Waals surface area contributed by atoms with Crippen molar-refractivity contribution in [3.8, 4) is 0 Å². The summed E-state index contributed by atoms with van der Waals surface area (Å²) in [5, 5.41) is 10.5. The van der Waals surface area contributed by atoms with E-state index in [-0.39, 0.29) is 11.7 Å². The Balaban J connectivity index is 1.58. The molecule has 1 amide bonds. The first kappa shape index (κ1) is 16.5. The highest BCUT2D eigenvalue weighted by molar-refractivity contribution is 5.78. The molecule has 1 saturated heterocycles. The summed E-state index contributed by atoms with van der Waals surface area (Å²) in [4.78, 5) is 18.1. The summed E-state index contributed by atoms with van der Waals surface area (Å²) in [5.74, 6) is 0.238. The predicted octanol–water partition coefficient (Wildman–Crippen LogP) is 1.85. The van der Waals surface area contributed by atoms with Crippen molar-refractivity contribution in [2.75, 3.05) is 25.0 Å². The first-order valence-electron chi connectivity index (χ1n) is 8.45. The summed E-state index contributed by atoms with van der Waals surface area (Å²) in [6.07, 6.45) is 0. The summed E-state index contributed by atoms with van der Waals surface area (Å²) < 4.78 is 15.2. The van der Waals surface area contributed by atoms with E-state index in [0.29, 0.717) is 36.8 Å². The third-order valence-corrected chi connectivity index (χ3v) is 4.36. The quantitative estimate of drug-likeness (QED) is 0.748. The number of anilines is 2. The lowest BCUT2D eigenvalue weighted by Gasteiger charge is -2.26. The van der Waals surface area contributed by atoms with Gasteiger partial charge in [0.2, 0.25) is 11.9 Å². The monoisotopic (exact) mass is 354 g/mol. The maximum absolute atomic E-state index is 13.4. The van der Waals surface area contributed by atoms with Crippen LogP contribution in [0.2, 0.25) is 0 Å². The first-order valence-corrected chi connectivity index (χ1v) is 8.45. The lowest BCUT2D eigenvalue weighted by atomic mass is 10.2. The molecule has 2 aromatic heterocycles. The van der Waals surface area contributed by atoms with Crippen molar-refractivity contribution in [2.24, 2.45) is 0 Å². The van der Waals surface area contributed by atoms with Gasteiger partial charge in [-0.1, -0.05) is 6.07 Å². The smallest absolute Gasteiger partial charge is 0.247 e. The highest BCUT2D eigenvalue weighted by Gasteiger charge is 2.18. The fraction of sp³-hybridized carbons (Fsp3) is 0.278. The largest absolute Gasteiger partial charge is 0.354 e. The van der Waals surface area contributed by atoms with Gasteiger partial charge >= 0.3 is 0 Å². The van der Waals surface area contributed by atoms with E-state index < -0.39 is 0 Å². The van der Waals surface area contributed by atoms with Crippen LogP contribution in [0.1, 0.15) is 11.3 Å². The number of piperazine rings is 1.